The van der Waals surface area contributed by atoms with Gasteiger partial charge >= 0.3 is 0 Å². The van der Waals surface area contributed by atoms with Crippen LogP contribution in [0.25, 0.3) is 0 Å². The molecule has 0 spiro atoms. The van der Waals surface area contributed by atoms with Crippen LogP contribution in [0.4, 0.5) is 0 Å². The molecule has 0 aliphatic rings. The molecular formula is C11H17Br2NS. The first-order valence-electron chi connectivity index (χ1n) is 5.22. The molecule has 1 heterocycles. The molecule has 1 rings (SSSR count). The maximum Gasteiger partial charge on any atom is 0.0758 e. The van der Waals surface area contributed by atoms with Crippen molar-refractivity contribution in [3.63, 3.8) is 0 Å². The van der Waals surface area contributed by atoms with Crippen molar-refractivity contribution in [2.75, 3.05) is 6.54 Å². The molecule has 0 fully saturated rings. The molecule has 86 valence electrons. The molecule has 0 saturated heterocycles. The quantitative estimate of drug-likeness (QED) is 0.787. The van der Waals surface area contributed by atoms with Gasteiger partial charge in [-0.1, -0.05) is 20.8 Å². The number of nitrogens with one attached hydrogen (secondary N) is 1. The van der Waals surface area contributed by atoms with Crippen LogP contribution in [0.2, 0.25) is 0 Å². The normalized spacial score (nSPS) is 13.5. The SMILES string of the molecule is CCNC(CC(C)C)c1cc(Br)sc1Br. The summed E-state index contributed by atoms with van der Waals surface area (Å²) >= 11 is 8.90. The van der Waals surface area contributed by atoms with Crippen LogP contribution < -0.4 is 5.32 Å². The number of rotatable bonds is 5. The standard InChI is InChI=1S/C11H17Br2NS/c1-4-14-9(5-7(2)3)8-6-10(12)15-11(8)13/h6-7,9,14H,4-5H2,1-3H3. The highest BCUT2D eigenvalue weighted by atomic mass is 79.9. The van der Waals surface area contributed by atoms with Crippen molar-refractivity contribution in [1.82, 2.24) is 5.32 Å². The van der Waals surface area contributed by atoms with E-state index in [1.54, 1.807) is 11.3 Å². The second kappa shape index (κ2) is 6.38. The average molecular weight is 355 g/mol. The van der Waals surface area contributed by atoms with E-state index in [1.807, 2.05) is 0 Å². The van der Waals surface area contributed by atoms with E-state index in [2.05, 4.69) is 64.0 Å². The summed E-state index contributed by atoms with van der Waals surface area (Å²) in [6.07, 6.45) is 1.18. The summed E-state index contributed by atoms with van der Waals surface area (Å²) in [5.41, 5.74) is 1.38. The van der Waals surface area contributed by atoms with Crippen molar-refractivity contribution in [3.05, 3.63) is 19.2 Å². The van der Waals surface area contributed by atoms with Crippen LogP contribution in [-0.2, 0) is 0 Å². The van der Waals surface area contributed by atoms with Gasteiger partial charge in [0.15, 0.2) is 0 Å². The van der Waals surface area contributed by atoms with Crippen LogP contribution in [0.3, 0.4) is 0 Å². The summed E-state index contributed by atoms with van der Waals surface area (Å²) in [6, 6.07) is 2.68. The van der Waals surface area contributed by atoms with E-state index in [0.717, 1.165) is 6.54 Å². The molecule has 0 aromatic carbocycles. The van der Waals surface area contributed by atoms with Gasteiger partial charge in [0.2, 0.25) is 0 Å². The molecule has 4 heteroatoms. The van der Waals surface area contributed by atoms with Crippen LogP contribution in [0.15, 0.2) is 13.6 Å². The van der Waals surface area contributed by atoms with Gasteiger partial charge < -0.3 is 5.32 Å². The molecular weight excluding hydrogens is 338 g/mol. The first-order valence-corrected chi connectivity index (χ1v) is 7.63. The van der Waals surface area contributed by atoms with Crippen LogP contribution >= 0.6 is 43.2 Å². The summed E-state index contributed by atoms with van der Waals surface area (Å²) in [5.74, 6) is 0.708. The van der Waals surface area contributed by atoms with Crippen LogP contribution in [0.1, 0.15) is 38.8 Å². The lowest BCUT2D eigenvalue weighted by Crippen LogP contribution is -2.22. The fourth-order valence-corrected chi connectivity index (χ4v) is 4.60. The van der Waals surface area contributed by atoms with Crippen molar-refractivity contribution in [3.8, 4) is 0 Å². The Morgan fingerprint density at radius 1 is 1.40 bits per heavy atom. The van der Waals surface area contributed by atoms with Crippen LogP contribution in [0.5, 0.6) is 0 Å². The number of hydrogen-bond donors (Lipinski definition) is 1. The maximum atomic E-state index is 3.63. The first-order chi connectivity index (χ1) is 7.04. The van der Waals surface area contributed by atoms with Crippen molar-refractivity contribution < 1.29 is 0 Å². The molecule has 1 aromatic rings. The highest BCUT2D eigenvalue weighted by molar-refractivity contribution is 9.12. The van der Waals surface area contributed by atoms with Gasteiger partial charge in [0, 0.05) is 6.04 Å². The summed E-state index contributed by atoms with van der Waals surface area (Å²) in [5, 5.41) is 3.54. The van der Waals surface area contributed by atoms with Crippen molar-refractivity contribution in [1.29, 1.82) is 0 Å². The number of thiophene rings is 1. The molecule has 0 amide bonds. The molecule has 0 saturated carbocycles. The number of hydrogen-bond acceptors (Lipinski definition) is 2. The predicted molar refractivity (Wildman–Crippen MR) is 75.6 cm³/mol. The Hall–Kier alpha value is 0.620. The minimum Gasteiger partial charge on any atom is -0.310 e. The first kappa shape index (κ1) is 13.7. The van der Waals surface area contributed by atoms with Gasteiger partial charge in [-0.2, -0.15) is 0 Å². The molecule has 1 atom stereocenters. The van der Waals surface area contributed by atoms with Gasteiger partial charge in [0.1, 0.15) is 0 Å². The van der Waals surface area contributed by atoms with E-state index in [4.69, 9.17) is 0 Å². The van der Waals surface area contributed by atoms with E-state index >= 15 is 0 Å². The van der Waals surface area contributed by atoms with Gasteiger partial charge in [0.05, 0.1) is 7.57 Å². The molecule has 1 nitrogen and oxygen atoms in total. The zero-order valence-electron chi connectivity index (χ0n) is 9.31. The molecule has 15 heavy (non-hydrogen) atoms. The zero-order valence-corrected chi connectivity index (χ0v) is 13.3. The van der Waals surface area contributed by atoms with Crippen molar-refractivity contribution >= 4 is 43.2 Å². The molecule has 1 aromatic heterocycles. The van der Waals surface area contributed by atoms with E-state index in [1.165, 1.54) is 19.6 Å². The second-order valence-corrected chi connectivity index (χ2v) is 7.77. The smallest absolute Gasteiger partial charge is 0.0758 e. The third-order valence-electron chi connectivity index (χ3n) is 2.22. The summed E-state index contributed by atoms with van der Waals surface area (Å²) in [7, 11) is 0. The van der Waals surface area contributed by atoms with E-state index in [0.29, 0.717) is 12.0 Å². The zero-order chi connectivity index (χ0) is 11.4. The second-order valence-electron chi connectivity index (χ2n) is 4.02. The number of halogens is 2. The van der Waals surface area contributed by atoms with Gasteiger partial charge in [0.25, 0.3) is 0 Å². The summed E-state index contributed by atoms with van der Waals surface area (Å²) in [4.78, 5) is 0. The van der Waals surface area contributed by atoms with Crippen LogP contribution in [0, 0.1) is 5.92 Å². The third-order valence-corrected chi connectivity index (χ3v) is 4.60. The Labute approximate surface area is 113 Å². The largest absolute Gasteiger partial charge is 0.310 e. The molecule has 1 unspecified atom stereocenters. The van der Waals surface area contributed by atoms with E-state index < -0.39 is 0 Å². The molecule has 0 radical (unpaired) electrons. The van der Waals surface area contributed by atoms with Gasteiger partial charge in [-0.3, -0.25) is 0 Å². The lowest BCUT2D eigenvalue weighted by atomic mass is 9.99. The Bertz CT molecular complexity index is 310. The Balaban J connectivity index is 2.83. The van der Waals surface area contributed by atoms with Gasteiger partial charge in [-0.15, -0.1) is 11.3 Å². The molecule has 0 aliphatic heterocycles. The topological polar surface area (TPSA) is 12.0 Å². The maximum absolute atomic E-state index is 3.63. The minimum absolute atomic E-state index is 0.465. The van der Waals surface area contributed by atoms with Crippen molar-refractivity contribution in [2.45, 2.75) is 33.2 Å². The molecule has 1 N–H and O–H groups in total. The van der Waals surface area contributed by atoms with Crippen molar-refractivity contribution in [2.24, 2.45) is 5.92 Å². The Morgan fingerprint density at radius 2 is 2.07 bits per heavy atom. The molecule has 0 bridgehead atoms. The highest BCUT2D eigenvalue weighted by Crippen LogP contribution is 2.37. The lowest BCUT2D eigenvalue weighted by Gasteiger charge is -2.19. The minimum atomic E-state index is 0.465. The van der Waals surface area contributed by atoms with Gasteiger partial charge in [-0.05, 0) is 62.4 Å². The monoisotopic (exact) mass is 353 g/mol. The summed E-state index contributed by atoms with van der Waals surface area (Å²) < 4.78 is 2.43. The van der Waals surface area contributed by atoms with E-state index in [9.17, 15) is 0 Å². The molecule has 0 aliphatic carbocycles. The van der Waals surface area contributed by atoms with E-state index in [-0.39, 0.29) is 0 Å². The van der Waals surface area contributed by atoms with Crippen LogP contribution in [-0.4, -0.2) is 6.54 Å². The summed E-state index contributed by atoms with van der Waals surface area (Å²) in [6.45, 7) is 7.69. The Kier molecular flexibility index (Phi) is 5.82. The average Bonchev–Trinajstić information content (AvgIpc) is 2.44. The predicted octanol–water partition coefficient (Wildman–Crippen LogP) is 4.97. The fraction of sp³-hybridized carbons (Fsp3) is 0.636. The highest BCUT2D eigenvalue weighted by Gasteiger charge is 2.17. The lowest BCUT2D eigenvalue weighted by molar-refractivity contribution is 0.438. The Morgan fingerprint density at radius 3 is 2.47 bits per heavy atom. The van der Waals surface area contributed by atoms with Gasteiger partial charge in [-0.25, -0.2) is 0 Å². The third kappa shape index (κ3) is 4.17. The fourth-order valence-electron chi connectivity index (χ4n) is 1.63.